The Morgan fingerprint density at radius 3 is 2.80 bits per heavy atom. The van der Waals surface area contributed by atoms with Crippen LogP contribution in [0.15, 0.2) is 48.7 Å². The molecule has 0 atom stereocenters. The number of methoxy groups -OCH3 is 1. The molecule has 0 aliphatic carbocycles. The van der Waals surface area contributed by atoms with Crippen molar-refractivity contribution in [2.24, 2.45) is 0 Å². The third-order valence-corrected chi connectivity index (χ3v) is 5.04. The molecule has 0 unspecified atom stereocenters. The highest BCUT2D eigenvalue weighted by Gasteiger charge is 2.28. The molecule has 5 rings (SSSR count). The molecule has 2 aromatic heterocycles. The van der Waals surface area contributed by atoms with Crippen molar-refractivity contribution in [3.05, 3.63) is 71.3 Å². The van der Waals surface area contributed by atoms with Crippen LogP contribution < -0.4 is 15.4 Å². The zero-order valence-electron chi connectivity index (χ0n) is 16.0. The molecule has 30 heavy (non-hydrogen) atoms. The van der Waals surface area contributed by atoms with Crippen LogP contribution >= 0.6 is 0 Å². The van der Waals surface area contributed by atoms with Crippen LogP contribution in [-0.2, 0) is 11.3 Å². The van der Waals surface area contributed by atoms with E-state index >= 15 is 0 Å². The largest absolute Gasteiger partial charge is 0.495 e. The quantitative estimate of drug-likeness (QED) is 0.377. The first kappa shape index (κ1) is 18.0. The Morgan fingerprint density at radius 2 is 2.00 bits per heavy atom. The molecule has 0 fully saturated rings. The number of aromatic nitrogens is 3. The predicted octanol–water partition coefficient (Wildman–Crippen LogP) is 4.14. The van der Waals surface area contributed by atoms with Crippen LogP contribution in [0.25, 0.3) is 22.7 Å². The highest BCUT2D eigenvalue weighted by molar-refractivity contribution is 6.37. The molecule has 7 nitrogen and oxygen atoms in total. The molecule has 2 aromatic carbocycles. The summed E-state index contributed by atoms with van der Waals surface area (Å²) in [5.74, 6) is 0.754. The standard InChI is InChI=1S/C22H18FN5O2/c1-30-18-8-9-24-17(18)10-14-19-15(26-21(14)29)6-7-16-20(19)28-22(27-16)25-11-12-2-4-13(23)5-3-12/h2-10,24H,11H2,1H3,(H,26,29)(H2,25,27,28)/b14-10+. The number of hydrogen-bond donors (Lipinski definition) is 4. The van der Waals surface area contributed by atoms with Crippen molar-refractivity contribution >= 4 is 40.2 Å². The van der Waals surface area contributed by atoms with Crippen LogP contribution in [0, 0.1) is 5.82 Å². The van der Waals surface area contributed by atoms with Gasteiger partial charge in [-0.25, -0.2) is 9.37 Å². The first-order chi connectivity index (χ1) is 14.6. The van der Waals surface area contributed by atoms with Crippen molar-refractivity contribution in [2.75, 3.05) is 17.7 Å². The van der Waals surface area contributed by atoms with E-state index in [1.54, 1.807) is 37.6 Å². The lowest BCUT2D eigenvalue weighted by molar-refractivity contribution is -0.110. The predicted molar refractivity (Wildman–Crippen MR) is 114 cm³/mol. The van der Waals surface area contributed by atoms with Gasteiger partial charge >= 0.3 is 0 Å². The van der Waals surface area contributed by atoms with Gasteiger partial charge < -0.3 is 25.3 Å². The number of aromatic amines is 2. The highest BCUT2D eigenvalue weighted by Crippen LogP contribution is 2.39. The molecule has 0 spiro atoms. The third kappa shape index (κ3) is 3.08. The summed E-state index contributed by atoms with van der Waals surface area (Å²) in [7, 11) is 1.58. The van der Waals surface area contributed by atoms with E-state index in [9.17, 15) is 9.18 Å². The van der Waals surface area contributed by atoms with Gasteiger partial charge in [-0.1, -0.05) is 12.1 Å². The highest BCUT2D eigenvalue weighted by atomic mass is 19.1. The Morgan fingerprint density at radius 1 is 1.17 bits per heavy atom. The van der Waals surface area contributed by atoms with E-state index in [1.165, 1.54) is 12.1 Å². The van der Waals surface area contributed by atoms with Crippen molar-refractivity contribution in [1.82, 2.24) is 15.0 Å². The summed E-state index contributed by atoms with van der Waals surface area (Å²) in [4.78, 5) is 23.6. The second-order valence-corrected chi connectivity index (χ2v) is 6.92. The number of amides is 1. The molecular formula is C22H18FN5O2. The summed E-state index contributed by atoms with van der Waals surface area (Å²) >= 11 is 0. The van der Waals surface area contributed by atoms with Crippen molar-refractivity contribution in [3.63, 3.8) is 0 Å². The Bertz CT molecular complexity index is 1290. The smallest absolute Gasteiger partial charge is 0.256 e. The molecule has 1 aliphatic heterocycles. The third-order valence-electron chi connectivity index (χ3n) is 5.04. The zero-order valence-corrected chi connectivity index (χ0v) is 16.0. The first-order valence-corrected chi connectivity index (χ1v) is 9.38. The number of nitrogens with one attached hydrogen (secondary N) is 4. The van der Waals surface area contributed by atoms with Gasteiger partial charge in [0.25, 0.3) is 5.91 Å². The minimum Gasteiger partial charge on any atom is -0.495 e. The van der Waals surface area contributed by atoms with Gasteiger partial charge in [0.15, 0.2) is 0 Å². The molecule has 1 amide bonds. The molecule has 4 N–H and O–H groups in total. The summed E-state index contributed by atoms with van der Waals surface area (Å²) in [5, 5.41) is 6.10. The Hall–Kier alpha value is -4.07. The summed E-state index contributed by atoms with van der Waals surface area (Å²) in [6, 6.07) is 11.8. The van der Waals surface area contributed by atoms with E-state index in [2.05, 4.69) is 25.6 Å². The van der Waals surface area contributed by atoms with Crippen LogP contribution in [0.3, 0.4) is 0 Å². The second-order valence-electron chi connectivity index (χ2n) is 6.92. The Balaban J connectivity index is 1.51. The number of fused-ring (bicyclic) bond motifs is 3. The van der Waals surface area contributed by atoms with Crippen molar-refractivity contribution < 1.29 is 13.9 Å². The van der Waals surface area contributed by atoms with Gasteiger partial charge in [-0.05, 0) is 42.0 Å². The number of anilines is 2. The number of halogens is 1. The number of hydrogen-bond acceptors (Lipinski definition) is 4. The molecule has 3 heterocycles. The second kappa shape index (κ2) is 7.07. The molecule has 0 saturated heterocycles. The SMILES string of the molecule is COc1cc[nH]c1/C=C1/C(=O)Nc2ccc3[nH]c(NCc4ccc(F)cc4)nc3c21. The van der Waals surface area contributed by atoms with E-state index in [-0.39, 0.29) is 11.7 Å². The number of imidazole rings is 1. The van der Waals surface area contributed by atoms with E-state index in [1.807, 2.05) is 12.1 Å². The van der Waals surface area contributed by atoms with E-state index in [0.717, 1.165) is 16.6 Å². The summed E-state index contributed by atoms with van der Waals surface area (Å²) < 4.78 is 18.4. The lowest BCUT2D eigenvalue weighted by Crippen LogP contribution is -2.03. The van der Waals surface area contributed by atoms with E-state index in [0.29, 0.717) is 40.7 Å². The van der Waals surface area contributed by atoms with Crippen molar-refractivity contribution in [1.29, 1.82) is 0 Å². The monoisotopic (exact) mass is 403 g/mol. The topological polar surface area (TPSA) is 94.8 Å². The molecule has 0 saturated carbocycles. The van der Waals surface area contributed by atoms with Gasteiger partial charge in [-0.15, -0.1) is 0 Å². The van der Waals surface area contributed by atoms with Gasteiger partial charge in [0.05, 0.1) is 29.6 Å². The molecule has 8 heteroatoms. The maximum Gasteiger partial charge on any atom is 0.256 e. The maximum absolute atomic E-state index is 13.1. The fraction of sp³-hybridized carbons (Fsp3) is 0.0909. The number of carbonyl (C=O) groups excluding carboxylic acids is 1. The van der Waals surface area contributed by atoms with Crippen molar-refractivity contribution in [3.8, 4) is 5.75 Å². The number of carbonyl (C=O) groups is 1. The van der Waals surface area contributed by atoms with Crippen LogP contribution in [0.4, 0.5) is 16.0 Å². The van der Waals surface area contributed by atoms with Crippen molar-refractivity contribution in [2.45, 2.75) is 6.54 Å². The minimum atomic E-state index is -0.270. The van der Waals surface area contributed by atoms with Gasteiger partial charge in [-0.3, -0.25) is 4.79 Å². The van der Waals surface area contributed by atoms with Crippen LogP contribution in [-0.4, -0.2) is 28.0 Å². The van der Waals surface area contributed by atoms with Crippen LogP contribution in [0.2, 0.25) is 0 Å². The first-order valence-electron chi connectivity index (χ1n) is 9.38. The maximum atomic E-state index is 13.1. The number of benzene rings is 2. The average molecular weight is 403 g/mol. The zero-order chi connectivity index (χ0) is 20.7. The number of ether oxygens (including phenoxy) is 1. The van der Waals surface area contributed by atoms with Gasteiger partial charge in [-0.2, -0.15) is 0 Å². The molecule has 0 radical (unpaired) electrons. The lowest BCUT2D eigenvalue weighted by atomic mass is 10.0. The average Bonchev–Trinajstić information content (AvgIpc) is 3.44. The number of rotatable bonds is 5. The fourth-order valence-corrected chi connectivity index (χ4v) is 3.57. The molecule has 1 aliphatic rings. The van der Waals surface area contributed by atoms with Crippen LogP contribution in [0.1, 0.15) is 16.8 Å². The lowest BCUT2D eigenvalue weighted by Gasteiger charge is -2.02. The summed E-state index contributed by atoms with van der Waals surface area (Å²) in [5.41, 5.74) is 5.07. The molecule has 0 bridgehead atoms. The van der Waals surface area contributed by atoms with Gasteiger partial charge in [0.1, 0.15) is 17.1 Å². The minimum absolute atomic E-state index is 0.196. The molecule has 4 aromatic rings. The Kier molecular flexibility index (Phi) is 4.24. The molecule has 150 valence electrons. The number of nitrogens with zero attached hydrogens (tertiary/aromatic N) is 1. The Labute approximate surface area is 171 Å². The summed E-state index contributed by atoms with van der Waals surface area (Å²) in [6.45, 7) is 0.488. The fourth-order valence-electron chi connectivity index (χ4n) is 3.57. The van der Waals surface area contributed by atoms with E-state index in [4.69, 9.17) is 4.74 Å². The summed E-state index contributed by atoms with van der Waals surface area (Å²) in [6.07, 6.45) is 3.52. The normalized spacial score (nSPS) is 14.2. The van der Waals surface area contributed by atoms with Crippen LogP contribution in [0.5, 0.6) is 5.75 Å². The van der Waals surface area contributed by atoms with E-state index < -0.39 is 0 Å². The van der Waals surface area contributed by atoms with Gasteiger partial charge in [0.2, 0.25) is 5.95 Å². The van der Waals surface area contributed by atoms with Gasteiger partial charge in [0, 0.05) is 18.3 Å². The number of H-pyrrole nitrogens is 2. The molecular weight excluding hydrogens is 385 g/mol.